The third kappa shape index (κ3) is 2.28. The van der Waals surface area contributed by atoms with E-state index >= 15 is 0 Å². The second-order valence-corrected chi connectivity index (χ2v) is 5.88. The monoisotopic (exact) mass is 348 g/mol. The number of para-hydroxylation sites is 1. The summed E-state index contributed by atoms with van der Waals surface area (Å²) >= 11 is 9.43. The van der Waals surface area contributed by atoms with Gasteiger partial charge < -0.3 is 4.42 Å². The quantitative estimate of drug-likeness (QED) is 0.581. The highest BCUT2D eigenvalue weighted by Crippen LogP contribution is 2.27. The van der Waals surface area contributed by atoms with Gasteiger partial charge in [-0.2, -0.15) is 0 Å². The molecule has 0 N–H and O–H groups in total. The Morgan fingerprint density at radius 2 is 2.00 bits per heavy atom. The van der Waals surface area contributed by atoms with Crippen LogP contribution in [0.5, 0.6) is 0 Å². The molecule has 0 saturated heterocycles. The topological polar surface area (TPSA) is 30.2 Å². The molecule has 2 nitrogen and oxygen atoms in total. The number of carbonyl (C=O) groups is 1. The zero-order chi connectivity index (χ0) is 14.3. The molecule has 0 aliphatic carbocycles. The van der Waals surface area contributed by atoms with Gasteiger partial charge in [-0.05, 0) is 36.8 Å². The van der Waals surface area contributed by atoms with Crippen molar-refractivity contribution >= 4 is 44.3 Å². The van der Waals surface area contributed by atoms with E-state index in [2.05, 4.69) is 15.9 Å². The molecule has 0 radical (unpaired) electrons. The maximum Gasteiger partial charge on any atom is 0.229 e. The second-order valence-electron chi connectivity index (χ2n) is 4.56. The molecule has 1 heterocycles. The first-order valence-electron chi connectivity index (χ1n) is 6.05. The molecule has 0 bridgehead atoms. The lowest BCUT2D eigenvalue weighted by molar-refractivity contribution is 0.101. The van der Waals surface area contributed by atoms with Gasteiger partial charge in [0.2, 0.25) is 5.78 Å². The molecule has 1 aromatic heterocycles. The number of aryl methyl sites for hydroxylation is 1. The van der Waals surface area contributed by atoms with Gasteiger partial charge >= 0.3 is 0 Å². The molecule has 3 aromatic rings. The lowest BCUT2D eigenvalue weighted by Gasteiger charge is -2.01. The zero-order valence-electron chi connectivity index (χ0n) is 10.6. The minimum atomic E-state index is -0.210. The van der Waals surface area contributed by atoms with Crippen molar-refractivity contribution < 1.29 is 9.21 Å². The molecule has 100 valence electrons. The minimum absolute atomic E-state index is 0.210. The van der Waals surface area contributed by atoms with Crippen LogP contribution in [0.4, 0.5) is 0 Å². The standard InChI is InChI=1S/C16H10BrClO2/c1-9-3-2-4-10-7-14(20-16(9)10)15(19)12-6-5-11(17)8-13(12)18/h2-8H,1H3. The Balaban J connectivity index is 2.10. The number of halogens is 2. The zero-order valence-corrected chi connectivity index (χ0v) is 13.0. The van der Waals surface area contributed by atoms with E-state index in [1.165, 1.54) is 0 Å². The van der Waals surface area contributed by atoms with Crippen molar-refractivity contribution in [2.75, 3.05) is 0 Å². The lowest BCUT2D eigenvalue weighted by Crippen LogP contribution is -2.00. The first-order chi connectivity index (χ1) is 9.56. The lowest BCUT2D eigenvalue weighted by atomic mass is 10.1. The van der Waals surface area contributed by atoms with Gasteiger partial charge in [0.1, 0.15) is 5.58 Å². The molecule has 4 heteroatoms. The molecule has 20 heavy (non-hydrogen) atoms. The predicted molar refractivity (Wildman–Crippen MR) is 83.5 cm³/mol. The van der Waals surface area contributed by atoms with Crippen LogP contribution in [0.1, 0.15) is 21.7 Å². The first-order valence-corrected chi connectivity index (χ1v) is 7.22. The van der Waals surface area contributed by atoms with E-state index in [1.807, 2.05) is 25.1 Å². The summed E-state index contributed by atoms with van der Waals surface area (Å²) in [6, 6.07) is 12.7. The number of carbonyl (C=O) groups excluding carboxylic acids is 1. The van der Waals surface area contributed by atoms with E-state index < -0.39 is 0 Å². The molecule has 0 amide bonds. The van der Waals surface area contributed by atoms with Gasteiger partial charge in [-0.3, -0.25) is 4.79 Å². The van der Waals surface area contributed by atoms with Crippen LogP contribution < -0.4 is 0 Å². The fourth-order valence-electron chi connectivity index (χ4n) is 2.13. The minimum Gasteiger partial charge on any atom is -0.452 e. The third-order valence-corrected chi connectivity index (χ3v) is 3.95. The van der Waals surface area contributed by atoms with E-state index in [9.17, 15) is 4.79 Å². The van der Waals surface area contributed by atoms with Crippen LogP contribution in [0.2, 0.25) is 5.02 Å². The highest BCUT2D eigenvalue weighted by Gasteiger charge is 2.18. The van der Waals surface area contributed by atoms with Crippen molar-refractivity contribution in [2.45, 2.75) is 6.92 Å². The Kier molecular flexibility index (Phi) is 3.40. The van der Waals surface area contributed by atoms with E-state index in [4.69, 9.17) is 16.0 Å². The highest BCUT2D eigenvalue weighted by molar-refractivity contribution is 9.10. The molecular weight excluding hydrogens is 340 g/mol. The Labute approximate surface area is 129 Å². The number of hydrogen-bond donors (Lipinski definition) is 0. The molecule has 0 aliphatic heterocycles. The van der Waals surface area contributed by atoms with Crippen molar-refractivity contribution in [1.29, 1.82) is 0 Å². The number of furan rings is 1. The molecule has 0 saturated carbocycles. The summed E-state index contributed by atoms with van der Waals surface area (Å²) in [6.45, 7) is 1.95. The maximum atomic E-state index is 12.5. The molecular formula is C16H10BrClO2. The molecule has 0 spiro atoms. The van der Waals surface area contributed by atoms with Crippen LogP contribution in [0, 0.1) is 6.92 Å². The van der Waals surface area contributed by atoms with Gasteiger partial charge in [-0.25, -0.2) is 0 Å². The van der Waals surface area contributed by atoms with Crippen molar-refractivity contribution in [2.24, 2.45) is 0 Å². The number of rotatable bonds is 2. The van der Waals surface area contributed by atoms with Gasteiger partial charge in [0.25, 0.3) is 0 Å². The second kappa shape index (κ2) is 5.08. The van der Waals surface area contributed by atoms with E-state index in [1.54, 1.807) is 24.3 Å². The Hall–Kier alpha value is -1.58. The van der Waals surface area contributed by atoms with Gasteiger partial charge in [0, 0.05) is 15.4 Å². The number of ketones is 1. The van der Waals surface area contributed by atoms with E-state index in [0.29, 0.717) is 16.3 Å². The van der Waals surface area contributed by atoms with Crippen molar-refractivity contribution in [1.82, 2.24) is 0 Å². The number of benzene rings is 2. The SMILES string of the molecule is Cc1cccc2cc(C(=O)c3ccc(Br)cc3Cl)oc12. The summed E-state index contributed by atoms with van der Waals surface area (Å²) < 4.78 is 6.51. The summed E-state index contributed by atoms with van der Waals surface area (Å²) in [4.78, 5) is 12.5. The van der Waals surface area contributed by atoms with Gasteiger partial charge in [0.15, 0.2) is 5.76 Å². The average molecular weight is 350 g/mol. The smallest absolute Gasteiger partial charge is 0.229 e. The summed E-state index contributed by atoms with van der Waals surface area (Å²) in [5.74, 6) is 0.0941. The van der Waals surface area contributed by atoms with E-state index in [0.717, 1.165) is 21.0 Å². The third-order valence-electron chi connectivity index (χ3n) is 3.14. The van der Waals surface area contributed by atoms with Crippen LogP contribution in [0.15, 0.2) is 51.4 Å². The summed E-state index contributed by atoms with van der Waals surface area (Å²) in [5.41, 5.74) is 2.18. The summed E-state index contributed by atoms with van der Waals surface area (Å²) in [6.07, 6.45) is 0. The predicted octanol–water partition coefficient (Wildman–Crippen LogP) is 5.39. The van der Waals surface area contributed by atoms with Crippen LogP contribution in [-0.4, -0.2) is 5.78 Å². The average Bonchev–Trinajstić information content (AvgIpc) is 2.83. The van der Waals surface area contributed by atoms with Crippen LogP contribution in [0.25, 0.3) is 11.0 Å². The highest BCUT2D eigenvalue weighted by atomic mass is 79.9. The maximum absolute atomic E-state index is 12.5. The molecule has 0 fully saturated rings. The summed E-state index contributed by atoms with van der Waals surface area (Å²) in [7, 11) is 0. The van der Waals surface area contributed by atoms with Crippen LogP contribution in [-0.2, 0) is 0 Å². The Bertz CT molecular complexity index is 820. The fraction of sp³-hybridized carbons (Fsp3) is 0.0625. The van der Waals surface area contributed by atoms with Gasteiger partial charge in [-0.15, -0.1) is 0 Å². The largest absolute Gasteiger partial charge is 0.452 e. The Morgan fingerprint density at radius 1 is 1.20 bits per heavy atom. The van der Waals surface area contributed by atoms with Crippen LogP contribution in [0.3, 0.4) is 0 Å². The molecule has 0 unspecified atom stereocenters. The molecule has 2 aromatic carbocycles. The molecule has 0 atom stereocenters. The van der Waals surface area contributed by atoms with Gasteiger partial charge in [0.05, 0.1) is 5.02 Å². The van der Waals surface area contributed by atoms with Crippen molar-refractivity contribution in [3.63, 3.8) is 0 Å². The molecule has 3 rings (SSSR count). The van der Waals surface area contributed by atoms with E-state index in [-0.39, 0.29) is 5.78 Å². The normalized spacial score (nSPS) is 10.9. The first kappa shape index (κ1) is 13.4. The number of fused-ring (bicyclic) bond motifs is 1. The number of hydrogen-bond acceptors (Lipinski definition) is 2. The fourth-order valence-corrected chi connectivity index (χ4v) is 2.89. The van der Waals surface area contributed by atoms with Gasteiger partial charge in [-0.1, -0.05) is 45.7 Å². The summed E-state index contributed by atoms with van der Waals surface area (Å²) in [5, 5.41) is 1.32. The molecule has 0 aliphatic rings. The Morgan fingerprint density at radius 3 is 2.70 bits per heavy atom. The van der Waals surface area contributed by atoms with Crippen molar-refractivity contribution in [3.05, 3.63) is 68.8 Å². The van der Waals surface area contributed by atoms with Crippen LogP contribution >= 0.6 is 27.5 Å². The van der Waals surface area contributed by atoms with Crippen molar-refractivity contribution in [3.8, 4) is 0 Å².